The van der Waals surface area contributed by atoms with Crippen molar-refractivity contribution in [3.8, 4) is 0 Å². The van der Waals surface area contributed by atoms with Crippen molar-refractivity contribution < 1.29 is 17.7 Å². The van der Waals surface area contributed by atoms with Crippen molar-refractivity contribution in [1.82, 2.24) is 9.97 Å². The van der Waals surface area contributed by atoms with Gasteiger partial charge in [0.2, 0.25) is 16.0 Å². The Labute approximate surface area is 209 Å². The molecule has 0 radical (unpaired) electrons. The monoisotopic (exact) mass is 519 g/mol. The van der Waals surface area contributed by atoms with Crippen molar-refractivity contribution in [2.24, 2.45) is 5.92 Å². The number of hydrogen-bond donors (Lipinski definition) is 2. The molecule has 0 aliphatic carbocycles. The summed E-state index contributed by atoms with van der Waals surface area (Å²) in [6.07, 6.45) is 3.49. The van der Waals surface area contributed by atoms with E-state index >= 15 is 0 Å². The number of aryl methyl sites for hydroxylation is 1. The van der Waals surface area contributed by atoms with Gasteiger partial charge in [-0.1, -0.05) is 32.0 Å². The van der Waals surface area contributed by atoms with Crippen molar-refractivity contribution in [2.45, 2.75) is 49.5 Å². The third-order valence-corrected chi connectivity index (χ3v) is 10.2. The number of nitrogens with zero attached hydrogens (tertiary/aromatic N) is 4. The highest BCUT2D eigenvalue weighted by Crippen LogP contribution is 2.48. The zero-order chi connectivity index (χ0) is 25.0. The summed E-state index contributed by atoms with van der Waals surface area (Å²) in [7, 11) is -4.51. The highest BCUT2D eigenvalue weighted by molar-refractivity contribution is 7.92. The van der Waals surface area contributed by atoms with E-state index < -0.39 is 20.8 Å². The molecule has 9 nitrogen and oxygen atoms in total. The molecule has 2 atom stereocenters. The molecule has 0 bridgehead atoms. The number of sulfonamides is 1. The Morgan fingerprint density at radius 3 is 2.57 bits per heavy atom. The standard InChI is InChI=1S/C24H33N5O4S2/c1-16(2)19(14-30)25-22-21-18(8-13-34(21)31)26-23(27-22)28-11-9-24(10-12-28)15-29(35(3,32)33)20-7-5-4-6-17(20)24/h4-7,16,19,30H,8-15H2,1-3H3,(H,25,26,27)/t19-,34?/m0/s1. The smallest absolute Gasteiger partial charge is 0.232 e. The molecule has 1 aromatic heterocycles. The number of piperidine rings is 1. The van der Waals surface area contributed by atoms with E-state index in [1.807, 2.05) is 32.0 Å². The maximum atomic E-state index is 12.7. The fraction of sp³-hybridized carbons (Fsp3) is 0.583. The van der Waals surface area contributed by atoms with Gasteiger partial charge in [-0.3, -0.25) is 8.51 Å². The van der Waals surface area contributed by atoms with Gasteiger partial charge in [-0.15, -0.1) is 0 Å². The molecule has 3 aliphatic rings. The SMILES string of the molecule is CC(C)[C@H](CO)Nc1nc(N2CCC3(CC2)CN(S(C)(=O)=O)c2ccccc23)nc2c1S(=O)CC2. The zero-order valence-electron chi connectivity index (χ0n) is 20.4. The van der Waals surface area contributed by atoms with Crippen LogP contribution in [0.15, 0.2) is 29.2 Å². The summed E-state index contributed by atoms with van der Waals surface area (Å²) in [6.45, 7) is 5.86. The number of aliphatic hydroxyl groups excluding tert-OH is 1. The van der Waals surface area contributed by atoms with Crippen LogP contribution in [0.2, 0.25) is 0 Å². The molecule has 4 heterocycles. The summed E-state index contributed by atoms with van der Waals surface area (Å²) < 4.78 is 39.2. The summed E-state index contributed by atoms with van der Waals surface area (Å²) >= 11 is 0. The minimum atomic E-state index is -3.36. The highest BCUT2D eigenvalue weighted by Gasteiger charge is 2.47. The lowest BCUT2D eigenvalue weighted by Gasteiger charge is -2.40. The number of para-hydroxylation sites is 1. The number of rotatable bonds is 6. The van der Waals surface area contributed by atoms with Crippen LogP contribution in [-0.2, 0) is 32.7 Å². The fourth-order valence-corrected chi connectivity index (χ4v) is 7.78. The molecule has 190 valence electrons. The largest absolute Gasteiger partial charge is 0.394 e. The molecule has 2 N–H and O–H groups in total. The molecule has 1 spiro atoms. The maximum absolute atomic E-state index is 12.7. The minimum Gasteiger partial charge on any atom is -0.394 e. The van der Waals surface area contributed by atoms with Crippen molar-refractivity contribution in [2.75, 3.05) is 52.8 Å². The van der Waals surface area contributed by atoms with Crippen LogP contribution in [0, 0.1) is 5.92 Å². The Balaban J connectivity index is 1.42. The number of benzene rings is 1. The number of aromatic nitrogens is 2. The van der Waals surface area contributed by atoms with Gasteiger partial charge in [-0.25, -0.2) is 13.4 Å². The molecule has 0 amide bonds. The summed E-state index contributed by atoms with van der Waals surface area (Å²) in [5.41, 5.74) is 2.47. The average Bonchev–Trinajstić information content (AvgIpc) is 3.36. The van der Waals surface area contributed by atoms with E-state index in [2.05, 4.69) is 16.3 Å². The summed E-state index contributed by atoms with van der Waals surface area (Å²) in [4.78, 5) is 12.4. The fourth-order valence-electron chi connectivity index (χ4n) is 5.46. The molecule has 1 aromatic carbocycles. The van der Waals surface area contributed by atoms with E-state index in [4.69, 9.17) is 9.97 Å². The van der Waals surface area contributed by atoms with E-state index in [0.29, 0.717) is 48.5 Å². The second-order valence-corrected chi connectivity index (χ2v) is 13.6. The first kappa shape index (κ1) is 24.5. The van der Waals surface area contributed by atoms with Gasteiger partial charge in [0.05, 0.1) is 41.1 Å². The Kier molecular flexibility index (Phi) is 6.29. The van der Waals surface area contributed by atoms with Crippen LogP contribution >= 0.6 is 0 Å². The van der Waals surface area contributed by atoms with Crippen LogP contribution in [0.5, 0.6) is 0 Å². The maximum Gasteiger partial charge on any atom is 0.232 e. The molecular weight excluding hydrogens is 486 g/mol. The van der Waals surface area contributed by atoms with Crippen LogP contribution in [0.25, 0.3) is 0 Å². The second kappa shape index (κ2) is 9.01. The molecule has 5 rings (SSSR count). The predicted molar refractivity (Wildman–Crippen MR) is 138 cm³/mol. The normalized spacial score (nSPS) is 21.9. The number of nitrogens with one attached hydrogen (secondary N) is 1. The predicted octanol–water partition coefficient (Wildman–Crippen LogP) is 1.89. The van der Waals surface area contributed by atoms with Crippen molar-refractivity contribution in [3.63, 3.8) is 0 Å². The van der Waals surface area contributed by atoms with Crippen LogP contribution in [-0.4, -0.2) is 72.0 Å². The highest BCUT2D eigenvalue weighted by atomic mass is 32.2. The number of anilines is 3. The minimum absolute atomic E-state index is 0.0408. The Hall–Kier alpha value is -2.24. The molecule has 2 aromatic rings. The lowest BCUT2D eigenvalue weighted by Crippen LogP contribution is -2.46. The molecule has 1 fully saturated rings. The zero-order valence-corrected chi connectivity index (χ0v) is 22.0. The first-order valence-corrected chi connectivity index (χ1v) is 15.3. The van der Waals surface area contributed by atoms with Crippen LogP contribution in [0.4, 0.5) is 17.5 Å². The first-order valence-electron chi connectivity index (χ1n) is 12.1. The molecule has 0 saturated carbocycles. The molecule has 3 aliphatic heterocycles. The Morgan fingerprint density at radius 1 is 1.20 bits per heavy atom. The van der Waals surface area contributed by atoms with E-state index in [1.54, 1.807) is 4.31 Å². The van der Waals surface area contributed by atoms with Crippen molar-refractivity contribution in [3.05, 3.63) is 35.5 Å². The van der Waals surface area contributed by atoms with E-state index in [9.17, 15) is 17.7 Å². The van der Waals surface area contributed by atoms with Crippen LogP contribution in [0.1, 0.15) is 37.9 Å². The summed E-state index contributed by atoms with van der Waals surface area (Å²) in [6, 6.07) is 7.62. The van der Waals surface area contributed by atoms with Gasteiger partial charge in [0.25, 0.3) is 0 Å². The molecular formula is C24H33N5O4S2. The summed E-state index contributed by atoms with van der Waals surface area (Å²) in [5.74, 6) is 1.88. The molecule has 35 heavy (non-hydrogen) atoms. The lowest BCUT2D eigenvalue weighted by molar-refractivity contribution is 0.248. The van der Waals surface area contributed by atoms with Gasteiger partial charge in [-0.2, -0.15) is 4.98 Å². The van der Waals surface area contributed by atoms with E-state index in [0.717, 1.165) is 29.8 Å². The molecule has 1 saturated heterocycles. The third kappa shape index (κ3) is 4.31. The third-order valence-electron chi connectivity index (χ3n) is 7.59. The second-order valence-electron chi connectivity index (χ2n) is 10.2. The quantitative estimate of drug-likeness (QED) is 0.595. The summed E-state index contributed by atoms with van der Waals surface area (Å²) in [5, 5.41) is 13.2. The van der Waals surface area contributed by atoms with Gasteiger partial charge in [0.1, 0.15) is 10.7 Å². The number of hydrogen-bond acceptors (Lipinski definition) is 8. The number of fused-ring (bicyclic) bond motifs is 3. The van der Waals surface area contributed by atoms with Gasteiger partial charge < -0.3 is 15.3 Å². The van der Waals surface area contributed by atoms with E-state index in [-0.39, 0.29) is 24.0 Å². The molecule has 1 unspecified atom stereocenters. The molecule has 11 heteroatoms. The topological polar surface area (TPSA) is 116 Å². The first-order chi connectivity index (χ1) is 16.6. The van der Waals surface area contributed by atoms with Gasteiger partial charge in [-0.05, 0) is 30.4 Å². The van der Waals surface area contributed by atoms with Gasteiger partial charge in [0.15, 0.2) is 0 Å². The van der Waals surface area contributed by atoms with Crippen molar-refractivity contribution in [1.29, 1.82) is 0 Å². The van der Waals surface area contributed by atoms with Crippen LogP contribution < -0.4 is 14.5 Å². The number of aliphatic hydroxyl groups is 1. The average molecular weight is 520 g/mol. The van der Waals surface area contributed by atoms with E-state index in [1.165, 1.54) is 6.26 Å². The van der Waals surface area contributed by atoms with Gasteiger partial charge >= 0.3 is 0 Å². The van der Waals surface area contributed by atoms with Crippen LogP contribution in [0.3, 0.4) is 0 Å². The Bertz CT molecular complexity index is 1260. The van der Waals surface area contributed by atoms with Crippen molar-refractivity contribution >= 4 is 38.3 Å². The lowest BCUT2D eigenvalue weighted by atomic mass is 9.74. The Morgan fingerprint density at radius 2 is 1.91 bits per heavy atom. The van der Waals surface area contributed by atoms with Gasteiger partial charge in [0, 0.05) is 37.2 Å².